The van der Waals surface area contributed by atoms with Crippen molar-refractivity contribution < 1.29 is 9.53 Å². The number of aromatic nitrogens is 3. The predicted octanol–water partition coefficient (Wildman–Crippen LogP) is 2.32. The van der Waals surface area contributed by atoms with Gasteiger partial charge in [-0.15, -0.1) is 0 Å². The average molecular weight is 264 g/mol. The van der Waals surface area contributed by atoms with E-state index in [4.69, 9.17) is 16.3 Å². The van der Waals surface area contributed by atoms with Gasteiger partial charge in [0.1, 0.15) is 11.0 Å². The van der Waals surface area contributed by atoms with Crippen molar-refractivity contribution in [2.75, 3.05) is 7.11 Å². The highest BCUT2D eigenvalue weighted by atomic mass is 35.5. The molecule has 2 aromatic rings. The zero-order valence-electron chi connectivity index (χ0n) is 9.85. The number of rotatable bonds is 3. The number of ether oxygens (including phenoxy) is 1. The number of carbonyl (C=O) groups is 1. The van der Waals surface area contributed by atoms with Gasteiger partial charge in [-0.2, -0.15) is 0 Å². The van der Waals surface area contributed by atoms with Gasteiger partial charge in [-0.3, -0.25) is 4.79 Å². The van der Waals surface area contributed by atoms with Crippen molar-refractivity contribution in [3.63, 3.8) is 0 Å². The van der Waals surface area contributed by atoms with Gasteiger partial charge in [0.05, 0.1) is 18.4 Å². The highest BCUT2D eigenvalue weighted by Gasteiger charge is 2.13. The lowest BCUT2D eigenvalue weighted by Gasteiger charge is -2.07. The number of carbonyl (C=O) groups excluding carboxylic acids is 1. The van der Waals surface area contributed by atoms with Gasteiger partial charge < -0.3 is 4.74 Å². The Morgan fingerprint density at radius 3 is 2.83 bits per heavy atom. The molecule has 6 heteroatoms. The molecule has 0 amide bonds. The zero-order valence-corrected chi connectivity index (χ0v) is 10.6. The van der Waals surface area contributed by atoms with E-state index in [-0.39, 0.29) is 10.7 Å². The number of pyridine rings is 1. The number of methoxy groups -OCH3 is 1. The van der Waals surface area contributed by atoms with Crippen molar-refractivity contribution in [1.82, 2.24) is 15.0 Å². The third-order valence-corrected chi connectivity index (χ3v) is 2.63. The van der Waals surface area contributed by atoms with E-state index in [9.17, 15) is 4.79 Å². The quantitative estimate of drug-likeness (QED) is 0.628. The third kappa shape index (κ3) is 2.31. The molecule has 0 unspecified atom stereocenters. The minimum Gasteiger partial charge on any atom is -0.481 e. The van der Waals surface area contributed by atoms with E-state index in [2.05, 4.69) is 15.0 Å². The summed E-state index contributed by atoms with van der Waals surface area (Å²) in [6.07, 6.45) is 2.22. The van der Waals surface area contributed by atoms with Crippen LogP contribution in [0, 0.1) is 6.92 Å². The molecule has 0 saturated heterocycles. The Balaban J connectivity index is 2.65. The minimum absolute atomic E-state index is 0.142. The Morgan fingerprint density at radius 2 is 2.17 bits per heavy atom. The van der Waals surface area contributed by atoms with E-state index in [0.717, 1.165) is 0 Å². The predicted molar refractivity (Wildman–Crippen MR) is 66.9 cm³/mol. The molecule has 2 heterocycles. The van der Waals surface area contributed by atoms with Crippen LogP contribution in [0.5, 0.6) is 5.88 Å². The van der Waals surface area contributed by atoms with Gasteiger partial charge in [-0.05, 0) is 13.0 Å². The van der Waals surface area contributed by atoms with Gasteiger partial charge >= 0.3 is 0 Å². The topological polar surface area (TPSA) is 65.0 Å². The Bertz CT molecular complexity index is 602. The first-order valence-corrected chi connectivity index (χ1v) is 5.53. The Morgan fingerprint density at radius 1 is 1.39 bits per heavy atom. The largest absolute Gasteiger partial charge is 0.481 e. The molecule has 0 fully saturated rings. The molecule has 0 aliphatic heterocycles. The molecule has 0 saturated carbocycles. The molecule has 0 aliphatic carbocycles. The number of hydrogen-bond donors (Lipinski definition) is 0. The van der Waals surface area contributed by atoms with E-state index in [1.165, 1.54) is 7.11 Å². The summed E-state index contributed by atoms with van der Waals surface area (Å²) >= 11 is 5.93. The van der Waals surface area contributed by atoms with Crippen LogP contribution in [0.15, 0.2) is 18.3 Å². The van der Waals surface area contributed by atoms with E-state index >= 15 is 0 Å². The lowest BCUT2D eigenvalue weighted by atomic mass is 10.1. The van der Waals surface area contributed by atoms with Crippen LogP contribution in [-0.2, 0) is 0 Å². The fraction of sp³-hybridized carbons (Fsp3) is 0.167. The van der Waals surface area contributed by atoms with Crippen LogP contribution in [0.2, 0.25) is 5.15 Å². The second-order valence-corrected chi connectivity index (χ2v) is 3.89. The van der Waals surface area contributed by atoms with Crippen molar-refractivity contribution in [2.45, 2.75) is 6.92 Å². The third-order valence-electron chi connectivity index (χ3n) is 2.35. The molecule has 0 atom stereocenters. The number of nitrogens with zero attached hydrogens (tertiary/aromatic N) is 3. The molecule has 2 aromatic heterocycles. The van der Waals surface area contributed by atoms with Crippen molar-refractivity contribution in [2.24, 2.45) is 0 Å². The van der Waals surface area contributed by atoms with Crippen LogP contribution in [0.3, 0.4) is 0 Å². The fourth-order valence-corrected chi connectivity index (χ4v) is 1.80. The second kappa shape index (κ2) is 5.10. The lowest BCUT2D eigenvalue weighted by Crippen LogP contribution is -2.00. The summed E-state index contributed by atoms with van der Waals surface area (Å²) < 4.78 is 5.03. The summed E-state index contributed by atoms with van der Waals surface area (Å²) in [6, 6.07) is 3.42. The van der Waals surface area contributed by atoms with Crippen LogP contribution >= 0.6 is 11.6 Å². The second-order valence-electron chi connectivity index (χ2n) is 3.53. The molecule has 0 aromatic carbocycles. The molecular weight excluding hydrogens is 254 g/mol. The number of aryl methyl sites for hydroxylation is 1. The van der Waals surface area contributed by atoms with Gasteiger partial charge in [-0.25, -0.2) is 15.0 Å². The average Bonchev–Trinajstić information content (AvgIpc) is 2.38. The van der Waals surface area contributed by atoms with Crippen molar-refractivity contribution >= 4 is 17.9 Å². The zero-order chi connectivity index (χ0) is 13.1. The Labute approximate surface area is 109 Å². The summed E-state index contributed by atoms with van der Waals surface area (Å²) in [6.45, 7) is 1.71. The molecule has 0 bridgehead atoms. The highest BCUT2D eigenvalue weighted by Crippen LogP contribution is 2.26. The summed E-state index contributed by atoms with van der Waals surface area (Å²) in [5, 5.41) is 0.142. The molecular formula is C12H10ClN3O2. The molecule has 0 aliphatic rings. The maximum absolute atomic E-state index is 11.1. The monoisotopic (exact) mass is 263 g/mol. The smallest absolute Gasteiger partial charge is 0.213 e. The van der Waals surface area contributed by atoms with E-state index in [1.807, 2.05) is 0 Å². The molecule has 0 radical (unpaired) electrons. The summed E-state index contributed by atoms with van der Waals surface area (Å²) in [4.78, 5) is 23.3. The maximum Gasteiger partial charge on any atom is 0.213 e. The van der Waals surface area contributed by atoms with Gasteiger partial charge in [0.25, 0.3) is 0 Å². The minimum atomic E-state index is 0.142. The van der Waals surface area contributed by atoms with Gasteiger partial charge in [0.15, 0.2) is 6.29 Å². The first kappa shape index (κ1) is 12.4. The molecule has 2 rings (SSSR count). The van der Waals surface area contributed by atoms with Crippen molar-refractivity contribution in [1.29, 1.82) is 0 Å². The van der Waals surface area contributed by atoms with Crippen LogP contribution in [0.4, 0.5) is 0 Å². The molecule has 5 nitrogen and oxygen atoms in total. The Kier molecular flexibility index (Phi) is 3.53. The molecule has 18 heavy (non-hydrogen) atoms. The van der Waals surface area contributed by atoms with Gasteiger partial charge in [0, 0.05) is 17.8 Å². The molecule has 92 valence electrons. The number of hydrogen-bond acceptors (Lipinski definition) is 5. The maximum atomic E-state index is 11.1. The van der Waals surface area contributed by atoms with Gasteiger partial charge in [-0.1, -0.05) is 11.6 Å². The summed E-state index contributed by atoms with van der Waals surface area (Å²) in [7, 11) is 1.52. The first-order valence-electron chi connectivity index (χ1n) is 5.15. The van der Waals surface area contributed by atoms with Crippen molar-refractivity contribution in [3.8, 4) is 17.1 Å². The summed E-state index contributed by atoms with van der Waals surface area (Å²) in [5.41, 5.74) is 1.44. The van der Waals surface area contributed by atoms with Crippen LogP contribution in [-0.4, -0.2) is 28.3 Å². The van der Waals surface area contributed by atoms with E-state index in [0.29, 0.717) is 29.2 Å². The van der Waals surface area contributed by atoms with Crippen LogP contribution in [0.25, 0.3) is 11.3 Å². The van der Waals surface area contributed by atoms with Crippen LogP contribution < -0.4 is 4.74 Å². The highest BCUT2D eigenvalue weighted by molar-refractivity contribution is 6.32. The number of halogens is 1. The summed E-state index contributed by atoms with van der Waals surface area (Å²) in [5.74, 6) is 0.938. The fourth-order valence-electron chi connectivity index (χ4n) is 1.54. The molecule has 0 N–H and O–H groups in total. The van der Waals surface area contributed by atoms with E-state index < -0.39 is 0 Å². The molecule has 0 spiro atoms. The van der Waals surface area contributed by atoms with Crippen molar-refractivity contribution in [3.05, 3.63) is 34.9 Å². The SMILES string of the molecule is COc1cc(-c2nc(C)nc(Cl)c2C=O)ccn1. The number of aldehydes is 1. The normalized spacial score (nSPS) is 10.2. The standard InChI is InChI=1S/C12H10ClN3O2/c1-7-15-11(9(6-17)12(13)16-7)8-3-4-14-10(5-8)18-2/h3-6H,1-2H3. The first-order chi connectivity index (χ1) is 8.65. The van der Waals surface area contributed by atoms with Gasteiger partial charge in [0.2, 0.25) is 5.88 Å². The Hall–Kier alpha value is -2.01. The van der Waals surface area contributed by atoms with Crippen LogP contribution in [0.1, 0.15) is 16.2 Å². The lowest BCUT2D eigenvalue weighted by molar-refractivity contribution is 0.112. The van der Waals surface area contributed by atoms with E-state index in [1.54, 1.807) is 25.3 Å².